The van der Waals surface area contributed by atoms with E-state index in [1.54, 1.807) is 9.12 Å². The summed E-state index contributed by atoms with van der Waals surface area (Å²) in [5, 5.41) is 8.10. The average molecular weight is 624 g/mol. The number of carbonyl (C=O) groups excluding carboxylic acids is 1. The Balaban J connectivity index is 1.33. The van der Waals surface area contributed by atoms with Crippen molar-refractivity contribution in [3.8, 4) is 5.75 Å². The molecule has 0 unspecified atom stereocenters. The van der Waals surface area contributed by atoms with Crippen molar-refractivity contribution in [1.29, 1.82) is 0 Å². The highest BCUT2D eigenvalue weighted by Gasteiger charge is 2.18. The first-order chi connectivity index (χ1) is 17.7. The van der Waals surface area contributed by atoms with Crippen LogP contribution in [-0.2, 0) is 9.53 Å². The zero-order valence-electron chi connectivity index (χ0n) is 20.7. The van der Waals surface area contributed by atoms with Gasteiger partial charge in [-0.2, -0.15) is 9.97 Å². The van der Waals surface area contributed by atoms with Crippen LogP contribution in [0.1, 0.15) is 64.2 Å². The Kier molecular flexibility index (Phi) is 10.4. The highest BCUT2D eigenvalue weighted by molar-refractivity contribution is 14.2. The zero-order valence-corrected chi connectivity index (χ0v) is 23.6. The molecule has 0 atom stereocenters. The molecule has 0 radical (unpaired) electrons. The fraction of sp³-hybridized carbons (Fsp3) is 0.500. The third-order valence-corrected chi connectivity index (χ3v) is 8.13. The van der Waals surface area contributed by atoms with Crippen LogP contribution in [0.3, 0.4) is 0 Å². The van der Waals surface area contributed by atoms with Crippen LogP contribution < -0.4 is 15.4 Å². The Morgan fingerprint density at radius 2 is 1.86 bits per heavy atom. The molecule has 10 heteroatoms. The van der Waals surface area contributed by atoms with Crippen LogP contribution in [0.25, 0.3) is 11.0 Å². The Bertz CT molecular complexity index is 1120. The van der Waals surface area contributed by atoms with Gasteiger partial charge in [0.15, 0.2) is 5.65 Å². The summed E-state index contributed by atoms with van der Waals surface area (Å²) in [6, 6.07) is 10.4. The van der Waals surface area contributed by atoms with Crippen molar-refractivity contribution >= 4 is 64.8 Å². The molecule has 0 saturated heterocycles. The topological polar surface area (TPSA) is 90.3 Å². The minimum atomic E-state index is -0.139. The van der Waals surface area contributed by atoms with Crippen molar-refractivity contribution in [3.05, 3.63) is 36.5 Å². The summed E-state index contributed by atoms with van der Waals surface area (Å²) in [7, 11) is 3.03. The predicted octanol–water partition coefficient (Wildman–Crippen LogP) is 7.27. The summed E-state index contributed by atoms with van der Waals surface area (Å²) in [4.78, 5) is 20.8. The number of fused-ring (bicyclic) bond motifs is 1. The molecule has 0 amide bonds. The molecule has 8 nitrogen and oxygen atoms in total. The molecule has 2 aromatic heterocycles. The van der Waals surface area contributed by atoms with Gasteiger partial charge in [0.1, 0.15) is 11.6 Å². The Hall–Kier alpha value is -2.21. The molecular weight excluding hydrogens is 589 g/mol. The quantitative estimate of drug-likeness (QED) is 0.117. The molecule has 0 aliphatic heterocycles. The molecule has 194 valence electrons. The van der Waals surface area contributed by atoms with Crippen LogP contribution >= 0.6 is 30.3 Å². The molecule has 2 heterocycles. The first kappa shape index (κ1) is 26.8. The summed E-state index contributed by atoms with van der Waals surface area (Å²) < 4.78 is 12.6. The minimum absolute atomic E-state index is 0.139. The number of halogens is 1. The van der Waals surface area contributed by atoms with Gasteiger partial charge in [-0.15, -0.1) is 0 Å². The van der Waals surface area contributed by atoms with Gasteiger partial charge >= 0.3 is 5.97 Å². The van der Waals surface area contributed by atoms with E-state index in [0.29, 0.717) is 25.0 Å². The Morgan fingerprint density at radius 3 is 2.61 bits per heavy atom. The molecule has 0 bridgehead atoms. The predicted molar refractivity (Wildman–Crippen MR) is 155 cm³/mol. The van der Waals surface area contributed by atoms with Crippen molar-refractivity contribution in [1.82, 2.24) is 13.9 Å². The number of nitrogens with zero attached hydrogens (tertiary/aromatic N) is 3. The summed E-state index contributed by atoms with van der Waals surface area (Å²) in [5.41, 5.74) is 1.81. The number of benzene rings is 1. The van der Waals surface area contributed by atoms with Gasteiger partial charge in [0, 0.05) is 54.7 Å². The molecule has 1 aromatic carbocycles. The van der Waals surface area contributed by atoms with Gasteiger partial charge in [-0.3, -0.25) is 8.77 Å². The van der Waals surface area contributed by atoms with E-state index in [4.69, 9.17) is 14.7 Å². The van der Waals surface area contributed by atoms with E-state index >= 15 is 0 Å². The number of anilines is 3. The first-order valence-corrected chi connectivity index (χ1v) is 16.0. The number of hydrogen-bond donors (Lipinski definition) is 2. The number of nitrogens with one attached hydrogen (secondary N) is 2. The van der Waals surface area contributed by atoms with Gasteiger partial charge < -0.3 is 20.1 Å². The third kappa shape index (κ3) is 7.64. The molecule has 0 spiro atoms. The van der Waals surface area contributed by atoms with Crippen LogP contribution in [0.15, 0.2) is 36.5 Å². The largest absolute Gasteiger partial charge is 0.494 e. The van der Waals surface area contributed by atoms with Crippen molar-refractivity contribution in [2.75, 3.05) is 24.4 Å². The molecule has 1 aliphatic carbocycles. The lowest BCUT2D eigenvalue weighted by molar-refractivity contribution is -0.140. The molecule has 1 aliphatic rings. The Morgan fingerprint density at radius 1 is 1.08 bits per heavy atom. The summed E-state index contributed by atoms with van der Waals surface area (Å²) in [5.74, 6) is 2.16. The summed E-state index contributed by atoms with van der Waals surface area (Å²) in [6.07, 6.45) is 12.6. The standard InChI is InChI=1S/C26H34IN5O3S/c1-34-23(33)11-7-2-3-8-18-35-21-14-12-20(13-15-21)29-26-30-24(28-19-9-5-4-6-10-19)22-16-17-32(36-27)25(22)31-26/h12-17,19H,2-11,18H2,1H3,(H2,28,29,30,31). The van der Waals surface area contributed by atoms with Gasteiger partial charge in [-0.05, 0) is 56.0 Å². The van der Waals surface area contributed by atoms with Crippen molar-refractivity contribution in [3.63, 3.8) is 0 Å². The van der Waals surface area contributed by atoms with Crippen LogP contribution in [0.2, 0.25) is 0 Å². The number of rotatable bonds is 13. The van der Waals surface area contributed by atoms with E-state index in [0.717, 1.165) is 54.0 Å². The van der Waals surface area contributed by atoms with E-state index in [-0.39, 0.29) is 5.97 Å². The third-order valence-electron chi connectivity index (χ3n) is 6.41. The minimum Gasteiger partial charge on any atom is -0.494 e. The van der Waals surface area contributed by atoms with Crippen molar-refractivity contribution < 1.29 is 14.3 Å². The van der Waals surface area contributed by atoms with E-state index in [2.05, 4.69) is 46.6 Å². The number of carbonyl (C=O) groups is 1. The second-order valence-corrected chi connectivity index (χ2v) is 10.8. The van der Waals surface area contributed by atoms with Gasteiger partial charge in [0.2, 0.25) is 5.95 Å². The van der Waals surface area contributed by atoms with Gasteiger partial charge in [0.25, 0.3) is 0 Å². The van der Waals surface area contributed by atoms with E-state index in [1.807, 2.05) is 30.5 Å². The number of methoxy groups -OCH3 is 1. The van der Waals surface area contributed by atoms with Crippen LogP contribution in [-0.4, -0.2) is 39.7 Å². The van der Waals surface area contributed by atoms with Gasteiger partial charge in [-0.25, -0.2) is 0 Å². The number of unbranched alkanes of at least 4 members (excludes halogenated alkanes) is 3. The van der Waals surface area contributed by atoms with E-state index in [9.17, 15) is 4.79 Å². The molecule has 36 heavy (non-hydrogen) atoms. The number of hydrogen-bond acceptors (Lipinski definition) is 8. The average Bonchev–Trinajstić information content (AvgIpc) is 3.33. The molecule has 4 rings (SSSR count). The highest BCUT2D eigenvalue weighted by Crippen LogP contribution is 2.31. The summed E-state index contributed by atoms with van der Waals surface area (Å²) >= 11 is 2.27. The van der Waals surface area contributed by atoms with Crippen LogP contribution in [0, 0.1) is 0 Å². The SMILES string of the molecule is COC(=O)CCCCCCOc1ccc(Nc2nc(NC3CCCCC3)c3ccn(SI)c3n2)cc1. The Labute approximate surface area is 229 Å². The van der Waals surface area contributed by atoms with Crippen molar-refractivity contribution in [2.24, 2.45) is 0 Å². The lowest BCUT2D eigenvalue weighted by Crippen LogP contribution is -2.23. The van der Waals surface area contributed by atoms with Crippen molar-refractivity contribution in [2.45, 2.75) is 70.3 Å². The van der Waals surface area contributed by atoms with Crippen LogP contribution in [0.5, 0.6) is 5.75 Å². The maximum Gasteiger partial charge on any atom is 0.305 e. The molecule has 3 aromatic rings. The van der Waals surface area contributed by atoms with E-state index in [1.165, 1.54) is 39.2 Å². The lowest BCUT2D eigenvalue weighted by Gasteiger charge is -2.23. The maximum absolute atomic E-state index is 11.1. The number of aromatic nitrogens is 3. The van der Waals surface area contributed by atoms with E-state index < -0.39 is 0 Å². The number of ether oxygens (including phenoxy) is 2. The molecule has 2 N–H and O–H groups in total. The molecule has 1 saturated carbocycles. The fourth-order valence-corrected chi connectivity index (χ4v) is 5.70. The number of esters is 1. The monoisotopic (exact) mass is 623 g/mol. The van der Waals surface area contributed by atoms with Gasteiger partial charge in [0.05, 0.1) is 19.1 Å². The molecule has 1 fully saturated rings. The second-order valence-electron chi connectivity index (χ2n) is 9.06. The van der Waals surface area contributed by atoms with Gasteiger partial charge in [-0.1, -0.05) is 32.1 Å². The lowest BCUT2D eigenvalue weighted by atomic mass is 9.95. The normalized spacial score (nSPS) is 14.1. The van der Waals surface area contributed by atoms with Crippen LogP contribution in [0.4, 0.5) is 17.5 Å². The zero-order chi connectivity index (χ0) is 25.2. The highest BCUT2D eigenvalue weighted by atomic mass is 127. The summed E-state index contributed by atoms with van der Waals surface area (Å²) in [6.45, 7) is 0.659. The maximum atomic E-state index is 11.1. The second kappa shape index (κ2) is 13.9. The fourth-order valence-electron chi connectivity index (χ4n) is 4.43. The molecular formula is C26H34IN5O3S. The smallest absolute Gasteiger partial charge is 0.305 e. The first-order valence-electron chi connectivity index (χ1n) is 12.7.